The van der Waals surface area contributed by atoms with Crippen LogP contribution in [0.3, 0.4) is 0 Å². The quantitative estimate of drug-likeness (QED) is 0.364. The van der Waals surface area contributed by atoms with E-state index in [4.69, 9.17) is 14.1 Å². The standard InChI is InChI=1S/C31H32F2N4O3/c1-19-15-24(36-11-13-39-14-12-36)16-20(2)29(19)37-18-22(3-6-27(37)38)28-30(25-5-4-23(32)17-26(25)33)40-31(35-28)21-7-9-34-10-8-21/h3-6,15-18,21,34H,7-14H2,1-2H3. The molecule has 0 saturated carbocycles. The van der Waals surface area contributed by atoms with Gasteiger partial charge in [-0.2, -0.15) is 0 Å². The summed E-state index contributed by atoms with van der Waals surface area (Å²) in [5.41, 5.74) is 4.78. The molecule has 4 aromatic rings. The molecule has 2 saturated heterocycles. The lowest BCUT2D eigenvalue weighted by molar-refractivity contribution is 0.122. The molecule has 2 aromatic carbocycles. The zero-order chi connectivity index (χ0) is 27.8. The second-order valence-corrected chi connectivity index (χ2v) is 10.5. The Labute approximate surface area is 231 Å². The van der Waals surface area contributed by atoms with Gasteiger partial charge in [0.15, 0.2) is 11.7 Å². The average molecular weight is 547 g/mol. The van der Waals surface area contributed by atoms with Gasteiger partial charge in [-0.05, 0) is 81.2 Å². The second kappa shape index (κ2) is 11.0. The molecule has 7 nitrogen and oxygen atoms in total. The highest BCUT2D eigenvalue weighted by atomic mass is 19.1. The average Bonchev–Trinajstić information content (AvgIpc) is 3.40. The molecule has 0 atom stereocenters. The molecule has 0 radical (unpaired) electrons. The van der Waals surface area contributed by atoms with E-state index in [9.17, 15) is 13.6 Å². The van der Waals surface area contributed by atoms with Crippen LogP contribution < -0.4 is 15.8 Å². The number of nitrogens with one attached hydrogen (secondary N) is 1. The smallest absolute Gasteiger partial charge is 0.255 e. The van der Waals surface area contributed by atoms with Crippen molar-refractivity contribution in [2.75, 3.05) is 44.3 Å². The van der Waals surface area contributed by atoms with Gasteiger partial charge in [0.2, 0.25) is 0 Å². The fraction of sp³-hybridized carbons (Fsp3) is 0.355. The summed E-state index contributed by atoms with van der Waals surface area (Å²) in [5, 5.41) is 3.33. The van der Waals surface area contributed by atoms with E-state index in [2.05, 4.69) is 22.3 Å². The van der Waals surface area contributed by atoms with Gasteiger partial charge in [0, 0.05) is 48.6 Å². The Morgan fingerprint density at radius 3 is 2.40 bits per heavy atom. The van der Waals surface area contributed by atoms with Crippen LogP contribution in [0.25, 0.3) is 28.3 Å². The van der Waals surface area contributed by atoms with Crippen LogP contribution in [0, 0.1) is 25.5 Å². The first-order chi connectivity index (χ1) is 19.4. The monoisotopic (exact) mass is 546 g/mol. The number of piperidine rings is 1. The number of hydrogen-bond donors (Lipinski definition) is 1. The molecule has 208 valence electrons. The third-order valence-corrected chi connectivity index (χ3v) is 7.79. The largest absolute Gasteiger partial charge is 0.440 e. The van der Waals surface area contributed by atoms with Crippen LogP contribution in [0.4, 0.5) is 14.5 Å². The molecule has 0 spiro atoms. The van der Waals surface area contributed by atoms with Crippen molar-refractivity contribution in [1.82, 2.24) is 14.9 Å². The highest BCUT2D eigenvalue weighted by molar-refractivity contribution is 5.77. The molecule has 0 bridgehead atoms. The molecule has 1 N–H and O–H groups in total. The SMILES string of the molecule is Cc1cc(N2CCOCC2)cc(C)c1-n1cc(-c2nc(C3CCNCC3)oc2-c2ccc(F)cc2F)ccc1=O. The summed E-state index contributed by atoms with van der Waals surface area (Å²) in [6, 6.07) is 10.8. The maximum absolute atomic E-state index is 15.0. The Morgan fingerprint density at radius 1 is 0.975 bits per heavy atom. The highest BCUT2D eigenvalue weighted by Gasteiger charge is 2.26. The number of pyridine rings is 1. The van der Waals surface area contributed by atoms with Crippen molar-refractivity contribution in [2.45, 2.75) is 32.6 Å². The van der Waals surface area contributed by atoms with E-state index in [0.717, 1.165) is 67.6 Å². The molecule has 0 unspecified atom stereocenters. The fourth-order valence-electron chi connectivity index (χ4n) is 5.75. The van der Waals surface area contributed by atoms with Crippen LogP contribution in [0.15, 0.2) is 57.9 Å². The van der Waals surface area contributed by atoms with Crippen LogP contribution in [-0.2, 0) is 4.74 Å². The van der Waals surface area contributed by atoms with E-state index in [-0.39, 0.29) is 22.8 Å². The van der Waals surface area contributed by atoms with Gasteiger partial charge in [0.1, 0.15) is 17.3 Å². The van der Waals surface area contributed by atoms with Gasteiger partial charge in [-0.25, -0.2) is 13.8 Å². The molecule has 40 heavy (non-hydrogen) atoms. The summed E-state index contributed by atoms with van der Waals surface area (Å²) >= 11 is 0. The number of rotatable bonds is 5. The van der Waals surface area contributed by atoms with E-state index in [1.54, 1.807) is 16.8 Å². The summed E-state index contributed by atoms with van der Waals surface area (Å²) in [7, 11) is 0. The molecule has 2 fully saturated rings. The van der Waals surface area contributed by atoms with Gasteiger partial charge in [-0.3, -0.25) is 9.36 Å². The van der Waals surface area contributed by atoms with E-state index in [1.807, 2.05) is 13.8 Å². The van der Waals surface area contributed by atoms with Crippen LogP contribution in [-0.4, -0.2) is 48.9 Å². The highest BCUT2D eigenvalue weighted by Crippen LogP contribution is 2.38. The summed E-state index contributed by atoms with van der Waals surface area (Å²) < 4.78 is 42.1. The molecular weight excluding hydrogens is 514 g/mol. The number of aromatic nitrogens is 2. The second-order valence-electron chi connectivity index (χ2n) is 10.5. The van der Waals surface area contributed by atoms with Crippen molar-refractivity contribution in [1.29, 1.82) is 0 Å². The molecule has 2 aromatic heterocycles. The summed E-state index contributed by atoms with van der Waals surface area (Å²) in [4.78, 5) is 20.3. The minimum Gasteiger partial charge on any atom is -0.440 e. The lowest BCUT2D eigenvalue weighted by atomic mass is 9.98. The van der Waals surface area contributed by atoms with Crippen molar-refractivity contribution >= 4 is 5.69 Å². The Bertz CT molecular complexity index is 1580. The zero-order valence-electron chi connectivity index (χ0n) is 22.7. The number of anilines is 1. The predicted molar refractivity (Wildman–Crippen MR) is 150 cm³/mol. The lowest BCUT2D eigenvalue weighted by Crippen LogP contribution is -2.36. The van der Waals surface area contributed by atoms with Gasteiger partial charge in [0.05, 0.1) is 24.5 Å². The number of hydrogen-bond acceptors (Lipinski definition) is 6. The Balaban J connectivity index is 1.46. The van der Waals surface area contributed by atoms with Crippen LogP contribution in [0.5, 0.6) is 0 Å². The van der Waals surface area contributed by atoms with E-state index < -0.39 is 11.6 Å². The number of morpholine rings is 1. The van der Waals surface area contributed by atoms with Crippen molar-refractivity contribution < 1.29 is 17.9 Å². The van der Waals surface area contributed by atoms with E-state index in [1.165, 1.54) is 18.2 Å². The normalized spacial score (nSPS) is 16.4. The number of ether oxygens (including phenoxy) is 1. The summed E-state index contributed by atoms with van der Waals surface area (Å²) in [6.45, 7) is 8.69. The maximum atomic E-state index is 15.0. The maximum Gasteiger partial charge on any atom is 0.255 e. The minimum absolute atomic E-state index is 0.0837. The Morgan fingerprint density at radius 2 is 1.70 bits per heavy atom. The van der Waals surface area contributed by atoms with Crippen LogP contribution in [0.2, 0.25) is 0 Å². The number of benzene rings is 2. The van der Waals surface area contributed by atoms with Crippen molar-refractivity contribution in [3.8, 4) is 28.3 Å². The van der Waals surface area contributed by atoms with Gasteiger partial charge in [-0.15, -0.1) is 0 Å². The Kier molecular flexibility index (Phi) is 7.25. The van der Waals surface area contributed by atoms with Crippen molar-refractivity contribution in [2.24, 2.45) is 0 Å². The lowest BCUT2D eigenvalue weighted by Gasteiger charge is -2.30. The molecule has 9 heteroatoms. The van der Waals surface area contributed by atoms with Crippen molar-refractivity contribution in [3.05, 3.63) is 87.7 Å². The third kappa shape index (κ3) is 5.07. The molecule has 2 aliphatic heterocycles. The van der Waals surface area contributed by atoms with Gasteiger partial charge in [-0.1, -0.05) is 0 Å². The number of oxazole rings is 1. The molecule has 6 rings (SSSR count). The zero-order valence-corrected chi connectivity index (χ0v) is 22.7. The predicted octanol–water partition coefficient (Wildman–Crippen LogP) is 5.36. The number of nitrogens with zero attached hydrogens (tertiary/aromatic N) is 3. The first-order valence-corrected chi connectivity index (χ1v) is 13.7. The molecule has 0 aliphatic carbocycles. The molecule has 0 amide bonds. The summed E-state index contributed by atoms with van der Waals surface area (Å²) in [6.07, 6.45) is 3.43. The van der Waals surface area contributed by atoms with Crippen LogP contribution >= 0.6 is 0 Å². The fourth-order valence-corrected chi connectivity index (χ4v) is 5.75. The van der Waals surface area contributed by atoms with Crippen LogP contribution in [0.1, 0.15) is 35.8 Å². The summed E-state index contributed by atoms with van der Waals surface area (Å²) in [5.74, 6) is -0.559. The molecule has 4 heterocycles. The molecule has 2 aliphatic rings. The van der Waals surface area contributed by atoms with E-state index >= 15 is 0 Å². The topological polar surface area (TPSA) is 72.5 Å². The first kappa shape index (κ1) is 26.4. The number of aryl methyl sites for hydroxylation is 2. The Hall–Kier alpha value is -3.82. The number of halogens is 2. The van der Waals surface area contributed by atoms with Gasteiger partial charge < -0.3 is 19.4 Å². The van der Waals surface area contributed by atoms with E-state index in [0.29, 0.717) is 30.4 Å². The molecular formula is C31H32F2N4O3. The minimum atomic E-state index is -0.729. The van der Waals surface area contributed by atoms with Crippen molar-refractivity contribution in [3.63, 3.8) is 0 Å². The third-order valence-electron chi connectivity index (χ3n) is 7.79. The van der Waals surface area contributed by atoms with Gasteiger partial charge in [0.25, 0.3) is 5.56 Å². The first-order valence-electron chi connectivity index (χ1n) is 13.7. The van der Waals surface area contributed by atoms with Gasteiger partial charge >= 0.3 is 0 Å².